The summed E-state index contributed by atoms with van der Waals surface area (Å²) in [6.45, 7) is 8.64. The zero-order valence-electron chi connectivity index (χ0n) is 16.2. The SMILES string of the molecule is Cc1ccccc1N1[CH-]N(c2ccccc2C)CC1.[Cl][Ru]=[CH]c1ccccc1. The van der Waals surface area contributed by atoms with E-state index in [1.165, 1.54) is 28.1 Å². The van der Waals surface area contributed by atoms with Gasteiger partial charge in [0.05, 0.1) is 0 Å². The van der Waals surface area contributed by atoms with Crippen molar-refractivity contribution in [1.29, 1.82) is 0 Å². The van der Waals surface area contributed by atoms with Gasteiger partial charge in [-0.2, -0.15) is 6.67 Å². The van der Waals surface area contributed by atoms with Crippen molar-refractivity contribution in [3.63, 3.8) is 0 Å². The number of benzene rings is 3. The van der Waals surface area contributed by atoms with E-state index in [2.05, 4.69) is 95.6 Å². The number of halogens is 1. The van der Waals surface area contributed by atoms with Crippen LogP contribution >= 0.6 is 9.69 Å². The molecule has 3 aromatic rings. The molecule has 0 radical (unpaired) electrons. The van der Waals surface area contributed by atoms with Gasteiger partial charge in [0.2, 0.25) is 0 Å². The molecule has 0 aromatic heterocycles. The van der Waals surface area contributed by atoms with Crippen LogP contribution in [-0.4, -0.2) is 17.7 Å². The zero-order chi connectivity index (χ0) is 19.8. The fraction of sp³-hybridized carbons (Fsp3) is 0.167. The van der Waals surface area contributed by atoms with E-state index in [-0.39, 0.29) is 15.7 Å². The molecule has 0 amide bonds. The Morgan fingerprint density at radius 2 is 1.21 bits per heavy atom. The van der Waals surface area contributed by atoms with Crippen LogP contribution in [0.4, 0.5) is 11.4 Å². The van der Waals surface area contributed by atoms with Gasteiger partial charge < -0.3 is 9.80 Å². The molecule has 0 N–H and O–H groups in total. The van der Waals surface area contributed by atoms with E-state index >= 15 is 0 Å². The van der Waals surface area contributed by atoms with Crippen LogP contribution in [0.1, 0.15) is 16.7 Å². The third kappa shape index (κ3) is 5.53. The Kier molecular flexibility index (Phi) is 7.83. The summed E-state index contributed by atoms with van der Waals surface area (Å²) < 4.78 is 2.06. The van der Waals surface area contributed by atoms with Crippen LogP contribution in [-0.2, 0) is 15.7 Å². The van der Waals surface area contributed by atoms with Crippen LogP contribution in [0, 0.1) is 20.5 Å². The van der Waals surface area contributed by atoms with Crippen molar-refractivity contribution in [2.75, 3.05) is 22.9 Å². The molecule has 0 saturated carbocycles. The Balaban J connectivity index is 0.000000211. The third-order valence-corrected chi connectivity index (χ3v) is 5.89. The van der Waals surface area contributed by atoms with Crippen LogP contribution in [0.2, 0.25) is 0 Å². The average molecular weight is 478 g/mol. The number of para-hydroxylation sites is 2. The van der Waals surface area contributed by atoms with Crippen molar-refractivity contribution in [3.05, 3.63) is 102 Å². The quantitative estimate of drug-likeness (QED) is 0.346. The molecule has 0 spiro atoms. The number of hydrogen-bond donors (Lipinski definition) is 0. The summed E-state index contributed by atoms with van der Waals surface area (Å²) in [4.78, 5) is 4.67. The summed E-state index contributed by atoms with van der Waals surface area (Å²) >= 11 is -0.0765. The molecular formula is C24H25ClN2Ru-. The molecule has 2 nitrogen and oxygen atoms in total. The molecule has 0 aliphatic carbocycles. The minimum atomic E-state index is -0.0765. The third-order valence-electron chi connectivity index (χ3n) is 4.67. The van der Waals surface area contributed by atoms with Gasteiger partial charge >= 0.3 is 65.9 Å². The van der Waals surface area contributed by atoms with E-state index in [4.69, 9.17) is 9.69 Å². The Bertz CT molecular complexity index is 860. The molecule has 0 bridgehead atoms. The van der Waals surface area contributed by atoms with Gasteiger partial charge in [0, 0.05) is 24.5 Å². The standard InChI is InChI=1S/C17H19N2.C7H6.ClH.Ru/c1-14-7-3-5-9-16(14)18-11-12-19(13-18)17-10-6-4-8-15(17)2;1-7-5-3-2-4-6-7;;/h3-10,13H,11-12H2,1-2H3;1-6H;1H;/q-1;;;+1/p-1. The van der Waals surface area contributed by atoms with Crippen molar-refractivity contribution < 1.29 is 15.7 Å². The molecule has 4 rings (SSSR count). The van der Waals surface area contributed by atoms with Crippen molar-refractivity contribution in [2.45, 2.75) is 13.8 Å². The van der Waals surface area contributed by atoms with Gasteiger partial charge in [-0.15, -0.1) is 0 Å². The summed E-state index contributed by atoms with van der Waals surface area (Å²) in [6, 6.07) is 27.2. The Hall–Kier alpha value is -1.96. The Morgan fingerprint density at radius 3 is 1.68 bits per heavy atom. The van der Waals surface area contributed by atoms with Gasteiger partial charge in [-0.25, -0.2) is 0 Å². The monoisotopic (exact) mass is 478 g/mol. The summed E-state index contributed by atoms with van der Waals surface area (Å²) in [5.41, 5.74) is 6.48. The molecule has 1 fully saturated rings. The van der Waals surface area contributed by atoms with Crippen LogP contribution in [0.15, 0.2) is 78.9 Å². The van der Waals surface area contributed by atoms with Crippen LogP contribution < -0.4 is 9.80 Å². The number of anilines is 2. The summed E-state index contributed by atoms with van der Waals surface area (Å²) in [5.74, 6) is 0. The molecule has 28 heavy (non-hydrogen) atoms. The molecule has 1 saturated heterocycles. The van der Waals surface area contributed by atoms with Gasteiger partial charge in [-0.1, -0.05) is 36.4 Å². The number of rotatable bonds is 3. The molecule has 1 aliphatic heterocycles. The predicted octanol–water partition coefficient (Wildman–Crippen LogP) is 5.82. The number of hydrogen-bond acceptors (Lipinski definition) is 2. The van der Waals surface area contributed by atoms with Gasteiger partial charge in [0.25, 0.3) is 0 Å². The van der Waals surface area contributed by atoms with Crippen molar-refractivity contribution >= 4 is 25.7 Å². The molecule has 1 heterocycles. The first-order chi connectivity index (χ1) is 13.7. The number of nitrogens with zero attached hydrogens (tertiary/aromatic N) is 2. The van der Waals surface area contributed by atoms with Gasteiger partial charge in [0.1, 0.15) is 0 Å². The van der Waals surface area contributed by atoms with Crippen molar-refractivity contribution in [3.8, 4) is 0 Å². The molecule has 0 atom stereocenters. The van der Waals surface area contributed by atoms with Crippen molar-refractivity contribution in [2.24, 2.45) is 0 Å². The topological polar surface area (TPSA) is 6.48 Å². The van der Waals surface area contributed by atoms with E-state index < -0.39 is 0 Å². The van der Waals surface area contributed by atoms with E-state index in [0.29, 0.717) is 0 Å². The van der Waals surface area contributed by atoms with Crippen LogP contribution in [0.5, 0.6) is 0 Å². The molecule has 4 heteroatoms. The first kappa shape index (κ1) is 20.8. The van der Waals surface area contributed by atoms with Crippen LogP contribution in [0.25, 0.3) is 0 Å². The van der Waals surface area contributed by atoms with E-state index in [1.54, 1.807) is 0 Å². The molecule has 1 aliphatic rings. The Labute approximate surface area is 179 Å². The van der Waals surface area contributed by atoms with E-state index in [1.807, 2.05) is 18.2 Å². The first-order valence-electron chi connectivity index (χ1n) is 9.29. The molecule has 147 valence electrons. The van der Waals surface area contributed by atoms with Crippen LogP contribution in [0.3, 0.4) is 0 Å². The normalized spacial score (nSPS) is 13.8. The van der Waals surface area contributed by atoms with Gasteiger partial charge in [0.15, 0.2) is 0 Å². The number of aryl methyl sites for hydroxylation is 2. The minimum absolute atomic E-state index is 0.0765. The maximum absolute atomic E-state index is 5.57. The molecular weight excluding hydrogens is 453 g/mol. The predicted molar refractivity (Wildman–Crippen MR) is 119 cm³/mol. The summed E-state index contributed by atoms with van der Waals surface area (Å²) in [7, 11) is 5.57. The molecule has 0 unspecified atom stereocenters. The average Bonchev–Trinajstić information content (AvgIpc) is 3.20. The van der Waals surface area contributed by atoms with Gasteiger partial charge in [-0.3, -0.25) is 0 Å². The second-order valence-electron chi connectivity index (χ2n) is 6.67. The zero-order valence-corrected chi connectivity index (χ0v) is 18.7. The molecule has 3 aromatic carbocycles. The fourth-order valence-electron chi connectivity index (χ4n) is 3.20. The van der Waals surface area contributed by atoms with Gasteiger partial charge in [-0.05, 0) is 37.1 Å². The summed E-state index contributed by atoms with van der Waals surface area (Å²) in [6.07, 6.45) is 0. The van der Waals surface area contributed by atoms with Crippen molar-refractivity contribution in [1.82, 2.24) is 0 Å². The maximum atomic E-state index is 5.57. The van der Waals surface area contributed by atoms with E-state index in [0.717, 1.165) is 13.1 Å². The van der Waals surface area contributed by atoms with E-state index in [9.17, 15) is 0 Å². The summed E-state index contributed by atoms with van der Waals surface area (Å²) in [5, 5.41) is 0. The second-order valence-corrected chi connectivity index (χ2v) is 8.46. The first-order valence-corrected chi connectivity index (χ1v) is 12.5. The Morgan fingerprint density at radius 1 is 0.750 bits per heavy atom. The fourth-order valence-corrected chi connectivity index (χ4v) is 4.28. The second kappa shape index (κ2) is 10.6.